The predicted molar refractivity (Wildman–Crippen MR) is 143 cm³/mol. The highest BCUT2D eigenvalue weighted by Crippen LogP contribution is 2.08. The summed E-state index contributed by atoms with van der Waals surface area (Å²) < 4.78 is 33.8. The average molecular weight is 557 g/mol. The predicted octanol–water partition coefficient (Wildman–Crippen LogP) is 2.64. The van der Waals surface area contributed by atoms with Gasteiger partial charge in [0.25, 0.3) is 0 Å². The molecule has 0 aliphatic rings. The quantitative estimate of drug-likeness (QED) is 0.173. The van der Waals surface area contributed by atoms with E-state index in [1.165, 1.54) is 0 Å². The lowest BCUT2D eigenvalue weighted by Crippen LogP contribution is -2.24. The summed E-state index contributed by atoms with van der Waals surface area (Å²) in [5.74, 6) is -1.44. The van der Waals surface area contributed by atoms with Gasteiger partial charge in [-0.05, 0) is 41.5 Å². The number of methoxy groups -OCH3 is 3. The van der Waals surface area contributed by atoms with Gasteiger partial charge in [0.1, 0.15) is 11.2 Å². The summed E-state index contributed by atoms with van der Waals surface area (Å²) in [4.78, 5) is 31.6. The molecule has 0 amide bonds. The van der Waals surface area contributed by atoms with Crippen LogP contribution in [0.1, 0.15) is 54.4 Å². The summed E-state index contributed by atoms with van der Waals surface area (Å²) in [5, 5.41) is 16.1. The van der Waals surface area contributed by atoms with Crippen LogP contribution in [0.2, 0.25) is 0 Å². The van der Waals surface area contributed by atoms with E-state index in [0.29, 0.717) is 46.1 Å². The second-order valence-corrected chi connectivity index (χ2v) is 9.14. The first-order chi connectivity index (χ1) is 17.6. The fraction of sp³-hybridized carbons (Fsp3) is 0.808. The van der Waals surface area contributed by atoms with Gasteiger partial charge in [-0.3, -0.25) is 9.59 Å². The van der Waals surface area contributed by atoms with E-state index in [9.17, 15) is 14.4 Å². The van der Waals surface area contributed by atoms with Crippen LogP contribution in [0.3, 0.4) is 0 Å². The van der Waals surface area contributed by atoms with Crippen molar-refractivity contribution in [3.05, 3.63) is 12.7 Å². The van der Waals surface area contributed by atoms with Crippen LogP contribution in [0.4, 0.5) is 0 Å². The van der Waals surface area contributed by atoms with E-state index in [-0.39, 0.29) is 31.6 Å². The minimum absolute atomic E-state index is 0.0592. The van der Waals surface area contributed by atoms with Gasteiger partial charge in [0.05, 0.1) is 65.7 Å². The Morgan fingerprint density at radius 3 is 1.37 bits per heavy atom. The van der Waals surface area contributed by atoms with Gasteiger partial charge in [-0.15, -0.1) is 0 Å². The van der Waals surface area contributed by atoms with Crippen molar-refractivity contribution in [2.24, 2.45) is 0 Å². The number of carboxylic acids is 1. The Labute approximate surface area is 228 Å². The van der Waals surface area contributed by atoms with Crippen LogP contribution in [-0.4, -0.2) is 114 Å². The smallest absolute Gasteiger partial charge is 0.330 e. The number of rotatable bonds is 15. The third-order valence-corrected chi connectivity index (χ3v) is 3.06. The summed E-state index contributed by atoms with van der Waals surface area (Å²) in [6, 6.07) is 0. The van der Waals surface area contributed by atoms with Gasteiger partial charge in [0.15, 0.2) is 0 Å². The summed E-state index contributed by atoms with van der Waals surface area (Å²) in [5.41, 5.74) is -0.811. The van der Waals surface area contributed by atoms with Crippen molar-refractivity contribution in [2.45, 2.75) is 65.6 Å². The third-order valence-electron chi connectivity index (χ3n) is 3.06. The SMILES string of the molecule is C=CC(=O)OC(C)(C)C.COCCO.COCCOCCC(=O)O.COCCOCCC(=O)OC(C)(C)C. The van der Waals surface area contributed by atoms with Crippen LogP contribution < -0.4 is 0 Å². The van der Waals surface area contributed by atoms with Crippen molar-refractivity contribution in [1.29, 1.82) is 0 Å². The summed E-state index contributed by atoms with van der Waals surface area (Å²) >= 11 is 0. The van der Waals surface area contributed by atoms with Gasteiger partial charge in [-0.25, -0.2) is 4.79 Å². The lowest BCUT2D eigenvalue weighted by Gasteiger charge is -2.19. The fourth-order valence-electron chi connectivity index (χ4n) is 1.63. The first-order valence-electron chi connectivity index (χ1n) is 12.1. The Bertz CT molecular complexity index is 564. The molecule has 228 valence electrons. The zero-order valence-corrected chi connectivity index (χ0v) is 24.8. The van der Waals surface area contributed by atoms with E-state index in [0.717, 1.165) is 6.08 Å². The molecule has 0 saturated heterocycles. The molecule has 0 aliphatic heterocycles. The number of ether oxygens (including phenoxy) is 7. The number of hydrogen-bond donors (Lipinski definition) is 2. The molecule has 0 unspecified atom stereocenters. The van der Waals surface area contributed by atoms with Crippen LogP contribution in [0, 0.1) is 0 Å². The lowest BCUT2D eigenvalue weighted by molar-refractivity contribution is -0.156. The molecule has 0 aromatic carbocycles. The Kier molecular flexibility index (Phi) is 33.3. The molecule has 0 bridgehead atoms. The highest BCUT2D eigenvalue weighted by atomic mass is 16.6. The van der Waals surface area contributed by atoms with Crippen LogP contribution >= 0.6 is 0 Å². The summed E-state index contributed by atoms with van der Waals surface area (Å²) in [6.07, 6.45) is 1.51. The second-order valence-electron chi connectivity index (χ2n) is 9.14. The first-order valence-corrected chi connectivity index (χ1v) is 12.1. The van der Waals surface area contributed by atoms with E-state index in [1.54, 1.807) is 21.3 Å². The summed E-state index contributed by atoms with van der Waals surface area (Å²) in [6.45, 7) is 17.5. The van der Waals surface area contributed by atoms with Gasteiger partial charge in [-0.1, -0.05) is 6.58 Å². The van der Waals surface area contributed by atoms with Crippen LogP contribution in [0.5, 0.6) is 0 Å². The van der Waals surface area contributed by atoms with Gasteiger partial charge in [-0.2, -0.15) is 0 Å². The maximum atomic E-state index is 11.2. The number of aliphatic hydroxyl groups excluding tert-OH is 1. The minimum Gasteiger partial charge on any atom is -0.481 e. The molecule has 0 radical (unpaired) electrons. The van der Waals surface area contributed by atoms with Crippen LogP contribution in [0.15, 0.2) is 12.7 Å². The van der Waals surface area contributed by atoms with Gasteiger partial charge >= 0.3 is 17.9 Å². The maximum Gasteiger partial charge on any atom is 0.330 e. The Balaban J connectivity index is -0.000000214. The molecule has 0 aromatic heterocycles. The van der Waals surface area contributed by atoms with Crippen molar-refractivity contribution in [2.75, 3.05) is 74.2 Å². The fourth-order valence-corrected chi connectivity index (χ4v) is 1.63. The van der Waals surface area contributed by atoms with E-state index in [2.05, 4.69) is 16.1 Å². The molecule has 0 atom stereocenters. The molecule has 0 rings (SSSR count). The first kappa shape index (κ1) is 43.0. The minimum atomic E-state index is -0.836. The van der Waals surface area contributed by atoms with Crippen molar-refractivity contribution < 1.29 is 57.8 Å². The monoisotopic (exact) mass is 556 g/mol. The number of aliphatic carboxylic acids is 1. The zero-order chi connectivity index (χ0) is 30.5. The summed E-state index contributed by atoms with van der Waals surface area (Å²) in [7, 11) is 4.73. The molecular formula is C26H52O12. The number of carbonyl (C=O) groups is 3. The maximum absolute atomic E-state index is 11.2. The number of carbonyl (C=O) groups excluding carboxylic acids is 2. The third kappa shape index (κ3) is 54.7. The lowest BCUT2D eigenvalue weighted by atomic mass is 10.2. The van der Waals surface area contributed by atoms with E-state index < -0.39 is 17.2 Å². The Morgan fingerprint density at radius 1 is 0.684 bits per heavy atom. The van der Waals surface area contributed by atoms with Crippen molar-refractivity contribution in [3.8, 4) is 0 Å². The number of esters is 2. The van der Waals surface area contributed by atoms with E-state index in [4.69, 9.17) is 33.9 Å². The van der Waals surface area contributed by atoms with E-state index in [1.807, 2.05) is 41.5 Å². The normalized spacial score (nSPS) is 10.4. The molecule has 0 aliphatic carbocycles. The topological polar surface area (TPSA) is 156 Å². The Morgan fingerprint density at radius 2 is 1.11 bits per heavy atom. The molecule has 0 spiro atoms. The molecular weight excluding hydrogens is 504 g/mol. The average Bonchev–Trinajstić information content (AvgIpc) is 2.78. The van der Waals surface area contributed by atoms with Crippen molar-refractivity contribution in [3.63, 3.8) is 0 Å². The molecule has 38 heavy (non-hydrogen) atoms. The highest BCUT2D eigenvalue weighted by Gasteiger charge is 2.15. The second kappa shape index (κ2) is 29.5. The van der Waals surface area contributed by atoms with Crippen molar-refractivity contribution >= 4 is 17.9 Å². The van der Waals surface area contributed by atoms with Gasteiger partial charge in [0, 0.05) is 27.4 Å². The molecule has 0 fully saturated rings. The zero-order valence-electron chi connectivity index (χ0n) is 24.8. The Hall–Kier alpha value is -2.09. The van der Waals surface area contributed by atoms with E-state index >= 15 is 0 Å². The van der Waals surface area contributed by atoms with Gasteiger partial charge < -0.3 is 43.4 Å². The largest absolute Gasteiger partial charge is 0.481 e. The molecule has 0 heterocycles. The van der Waals surface area contributed by atoms with Crippen LogP contribution in [-0.2, 0) is 47.5 Å². The van der Waals surface area contributed by atoms with Crippen LogP contribution in [0.25, 0.3) is 0 Å². The molecule has 0 saturated carbocycles. The number of carboxylic acid groups (broad SMARTS) is 1. The number of hydrogen-bond acceptors (Lipinski definition) is 11. The standard InChI is InChI=1S/C10H20O4.C7H12O2.C6H12O4.C3H8O2/c1-10(2,3)14-9(11)5-6-13-8-7-12-4;1-5-6(8)9-7(2,3)4;1-9-4-5-10-3-2-6(7)8;1-5-3-2-4/h5-8H2,1-4H3;5H,1H2,2-4H3;2-5H2,1H3,(H,7,8);4H,2-3H2,1H3. The molecule has 12 nitrogen and oxygen atoms in total. The molecule has 0 aromatic rings. The van der Waals surface area contributed by atoms with Crippen molar-refractivity contribution in [1.82, 2.24) is 0 Å². The number of aliphatic hydroxyl groups is 1. The molecule has 12 heteroatoms. The molecule has 2 N–H and O–H groups in total. The van der Waals surface area contributed by atoms with Gasteiger partial charge in [0.2, 0.25) is 0 Å². The highest BCUT2D eigenvalue weighted by molar-refractivity contribution is 5.81.